The van der Waals surface area contributed by atoms with Crippen LogP contribution in [0.15, 0.2) is 0 Å². The third-order valence-corrected chi connectivity index (χ3v) is 6.20. The molecular weight excluding hydrogens is 466 g/mol. The fraction of sp³-hybridized carbons (Fsp3) is 0.867. The van der Waals surface area contributed by atoms with Crippen molar-refractivity contribution in [1.29, 1.82) is 0 Å². The summed E-state index contributed by atoms with van der Waals surface area (Å²) in [6.45, 7) is 21.8. The summed E-state index contributed by atoms with van der Waals surface area (Å²) in [5.74, 6) is -0.115. The van der Waals surface area contributed by atoms with Crippen molar-refractivity contribution in [3.8, 4) is 0 Å². The molecule has 0 aromatic rings. The van der Waals surface area contributed by atoms with Crippen molar-refractivity contribution < 1.29 is 19.2 Å². The molecule has 0 bridgehead atoms. The molecule has 218 valence electrons. The lowest BCUT2D eigenvalue weighted by atomic mass is 9.83. The minimum absolute atomic E-state index is 0.0148. The molecule has 37 heavy (non-hydrogen) atoms. The third kappa shape index (κ3) is 19.9. The topological polar surface area (TPSA) is 118 Å². The number of rotatable bonds is 10. The first kappa shape index (κ1) is 37.4. The average Bonchev–Trinajstić information content (AvgIpc) is 3.24. The average molecular weight is 526 g/mol. The maximum absolute atomic E-state index is 12.5. The first-order valence-corrected chi connectivity index (χ1v) is 14.2. The summed E-state index contributed by atoms with van der Waals surface area (Å²) >= 11 is 0. The molecule has 0 saturated heterocycles. The fourth-order valence-electron chi connectivity index (χ4n) is 3.76. The minimum atomic E-state index is -0.815. The number of carbonyl (C=O) groups excluding carboxylic acids is 4. The molecule has 0 aliphatic heterocycles. The number of amides is 2. The molecule has 1 fully saturated rings. The molecule has 1 saturated carbocycles. The SMILES string of the molecule is CC(C)C.CC1CCCC1.CCC(NC(=O)CNC(=O)[C@@H](CC(=O)CN)CC(=O)C(C)(C)C)C(C)(C)C. The maximum Gasteiger partial charge on any atom is 0.239 e. The maximum atomic E-state index is 12.5. The van der Waals surface area contributed by atoms with Crippen molar-refractivity contribution in [2.45, 2.75) is 127 Å². The van der Waals surface area contributed by atoms with Gasteiger partial charge in [0.2, 0.25) is 11.8 Å². The predicted octanol–water partition coefficient (Wildman–Crippen LogP) is 5.44. The van der Waals surface area contributed by atoms with E-state index in [9.17, 15) is 19.2 Å². The second-order valence-electron chi connectivity index (χ2n) is 13.3. The zero-order chi connectivity index (χ0) is 29.4. The summed E-state index contributed by atoms with van der Waals surface area (Å²) in [4.78, 5) is 48.6. The van der Waals surface area contributed by atoms with Gasteiger partial charge < -0.3 is 16.4 Å². The van der Waals surface area contributed by atoms with Crippen LogP contribution in [0.1, 0.15) is 121 Å². The van der Waals surface area contributed by atoms with E-state index in [1.165, 1.54) is 25.7 Å². The van der Waals surface area contributed by atoms with E-state index >= 15 is 0 Å². The van der Waals surface area contributed by atoms with Gasteiger partial charge in [-0.3, -0.25) is 19.2 Å². The molecule has 1 unspecified atom stereocenters. The van der Waals surface area contributed by atoms with Gasteiger partial charge >= 0.3 is 0 Å². The molecular formula is C30H59N3O4. The summed E-state index contributed by atoms with van der Waals surface area (Å²) in [5, 5.41) is 5.46. The van der Waals surface area contributed by atoms with Crippen molar-refractivity contribution in [3.05, 3.63) is 0 Å². The van der Waals surface area contributed by atoms with Crippen LogP contribution < -0.4 is 16.4 Å². The number of nitrogens with two attached hydrogens (primary N) is 1. The normalized spacial score (nSPS) is 15.5. The van der Waals surface area contributed by atoms with Gasteiger partial charge in [0, 0.05) is 24.3 Å². The molecule has 0 spiro atoms. The van der Waals surface area contributed by atoms with Crippen molar-refractivity contribution in [3.63, 3.8) is 0 Å². The van der Waals surface area contributed by atoms with Crippen LogP contribution in [0.3, 0.4) is 0 Å². The molecule has 1 aliphatic carbocycles. The van der Waals surface area contributed by atoms with E-state index in [0.29, 0.717) is 0 Å². The van der Waals surface area contributed by atoms with Gasteiger partial charge in [-0.2, -0.15) is 0 Å². The lowest BCUT2D eigenvalue weighted by Crippen LogP contribution is -2.48. The van der Waals surface area contributed by atoms with E-state index in [-0.39, 0.29) is 54.9 Å². The van der Waals surface area contributed by atoms with Gasteiger partial charge in [-0.05, 0) is 23.7 Å². The highest BCUT2D eigenvalue weighted by atomic mass is 16.2. The van der Waals surface area contributed by atoms with Gasteiger partial charge in [0.05, 0.1) is 19.0 Å². The van der Waals surface area contributed by atoms with Gasteiger partial charge in [-0.1, -0.05) is 102 Å². The van der Waals surface area contributed by atoms with Crippen LogP contribution in [-0.4, -0.2) is 42.5 Å². The predicted molar refractivity (Wildman–Crippen MR) is 154 cm³/mol. The molecule has 0 aromatic heterocycles. The number of carbonyl (C=O) groups is 4. The van der Waals surface area contributed by atoms with Gasteiger partial charge in [0.1, 0.15) is 11.6 Å². The Kier molecular flexibility index (Phi) is 18.7. The number of hydrogen-bond donors (Lipinski definition) is 3. The Morgan fingerprint density at radius 2 is 1.41 bits per heavy atom. The van der Waals surface area contributed by atoms with Crippen molar-refractivity contribution in [2.24, 2.45) is 34.3 Å². The lowest BCUT2D eigenvalue weighted by Gasteiger charge is -2.30. The van der Waals surface area contributed by atoms with Crippen LogP contribution in [0.25, 0.3) is 0 Å². The zero-order valence-electron chi connectivity index (χ0n) is 25.9. The molecule has 4 N–H and O–H groups in total. The highest BCUT2D eigenvalue weighted by molar-refractivity contribution is 5.94. The van der Waals surface area contributed by atoms with Crippen molar-refractivity contribution in [2.75, 3.05) is 13.1 Å². The summed E-state index contributed by atoms with van der Waals surface area (Å²) in [7, 11) is 0. The number of Topliss-reactive ketones (excluding diaryl/α,β-unsaturated/α-hetero) is 2. The monoisotopic (exact) mass is 525 g/mol. The molecule has 2 atom stereocenters. The number of nitrogens with one attached hydrogen (secondary N) is 2. The molecule has 0 aromatic carbocycles. The summed E-state index contributed by atoms with van der Waals surface area (Å²) in [6.07, 6.45) is 6.56. The highest BCUT2D eigenvalue weighted by Crippen LogP contribution is 2.23. The molecule has 1 aliphatic rings. The van der Waals surface area contributed by atoms with Crippen LogP contribution in [0.2, 0.25) is 0 Å². The van der Waals surface area contributed by atoms with E-state index in [1.807, 2.05) is 27.7 Å². The Hall–Kier alpha value is -1.76. The Bertz CT molecular complexity index is 681. The first-order chi connectivity index (χ1) is 16.8. The number of hydrogen-bond acceptors (Lipinski definition) is 5. The first-order valence-electron chi connectivity index (χ1n) is 14.2. The van der Waals surface area contributed by atoms with Crippen LogP contribution in [0.4, 0.5) is 0 Å². The van der Waals surface area contributed by atoms with Crippen LogP contribution in [-0.2, 0) is 19.2 Å². The second kappa shape index (κ2) is 18.5. The summed E-state index contributed by atoms with van der Waals surface area (Å²) in [6, 6.07) is -0.0148. The minimum Gasteiger partial charge on any atom is -0.351 e. The Morgan fingerprint density at radius 1 is 0.919 bits per heavy atom. The van der Waals surface area contributed by atoms with E-state index in [4.69, 9.17) is 5.73 Å². The molecule has 0 heterocycles. The molecule has 7 heteroatoms. The largest absolute Gasteiger partial charge is 0.351 e. The Labute approximate surface area is 227 Å². The molecule has 2 amide bonds. The van der Waals surface area contributed by atoms with Crippen molar-refractivity contribution in [1.82, 2.24) is 10.6 Å². The smallest absolute Gasteiger partial charge is 0.239 e. The number of ketones is 2. The lowest BCUT2D eigenvalue weighted by molar-refractivity contribution is -0.135. The molecule has 0 radical (unpaired) electrons. The van der Waals surface area contributed by atoms with Crippen molar-refractivity contribution >= 4 is 23.4 Å². The van der Waals surface area contributed by atoms with Crippen LogP contribution in [0.5, 0.6) is 0 Å². The van der Waals surface area contributed by atoms with E-state index in [0.717, 1.165) is 18.3 Å². The third-order valence-electron chi connectivity index (χ3n) is 6.20. The van der Waals surface area contributed by atoms with E-state index in [2.05, 4.69) is 38.3 Å². The standard InChI is InChI=1S/C20H37N3O4.C6H12.C4H10/c1-8-15(19(2,3)4)23-17(26)12-22-18(27)13(9-14(24)11-21)10-16(25)20(5,6)7;1-6-4-2-3-5-6;1-4(2)3/h13,15H,8-12,21H2,1-7H3,(H,22,27)(H,23,26);6H,2-5H2,1H3;4H,1-3H3/t13-,15?;;/m0../s1. The molecule has 7 nitrogen and oxygen atoms in total. The summed E-state index contributed by atoms with van der Waals surface area (Å²) in [5.41, 5.74) is 4.64. The molecule has 1 rings (SSSR count). The van der Waals surface area contributed by atoms with Gasteiger partial charge in [-0.15, -0.1) is 0 Å². The fourth-order valence-corrected chi connectivity index (χ4v) is 3.76. The van der Waals surface area contributed by atoms with Gasteiger partial charge in [-0.25, -0.2) is 0 Å². The van der Waals surface area contributed by atoms with Gasteiger partial charge in [0.15, 0.2) is 0 Å². The highest BCUT2D eigenvalue weighted by Gasteiger charge is 2.30. The van der Waals surface area contributed by atoms with Crippen LogP contribution >= 0.6 is 0 Å². The second-order valence-corrected chi connectivity index (χ2v) is 13.3. The Balaban J connectivity index is 0. The van der Waals surface area contributed by atoms with Crippen LogP contribution in [0, 0.1) is 28.6 Å². The summed E-state index contributed by atoms with van der Waals surface area (Å²) < 4.78 is 0. The van der Waals surface area contributed by atoms with E-state index < -0.39 is 17.2 Å². The van der Waals surface area contributed by atoms with Gasteiger partial charge in [0.25, 0.3) is 0 Å². The Morgan fingerprint density at radius 3 is 1.73 bits per heavy atom. The quantitative estimate of drug-likeness (QED) is 0.351. The van der Waals surface area contributed by atoms with E-state index in [1.54, 1.807) is 20.8 Å². The zero-order valence-corrected chi connectivity index (χ0v) is 25.9.